The van der Waals surface area contributed by atoms with Gasteiger partial charge in [-0.05, 0) is 130 Å². The molecule has 1 aromatic heterocycles. The third-order valence-electron chi connectivity index (χ3n) is 11.5. The van der Waals surface area contributed by atoms with Crippen molar-refractivity contribution in [3.8, 4) is 0 Å². The monoisotopic (exact) mass is 812 g/mol. The van der Waals surface area contributed by atoms with Gasteiger partial charge in [-0.1, -0.05) is 43.2 Å². The first-order valence-electron chi connectivity index (χ1n) is 20.5. The minimum absolute atomic E-state index is 0.0621. The van der Waals surface area contributed by atoms with Crippen LogP contribution in [0.2, 0.25) is 5.02 Å². The van der Waals surface area contributed by atoms with Gasteiger partial charge < -0.3 is 24.6 Å². The summed E-state index contributed by atoms with van der Waals surface area (Å²) in [6.45, 7) is 17.5. The molecule has 57 heavy (non-hydrogen) atoms. The van der Waals surface area contributed by atoms with Crippen molar-refractivity contribution in [2.45, 2.75) is 83.3 Å². The van der Waals surface area contributed by atoms with E-state index < -0.39 is 0 Å². The van der Waals surface area contributed by atoms with E-state index in [1.807, 2.05) is 18.2 Å². The molecule has 2 fully saturated rings. The number of aromatic nitrogens is 2. The molecule has 3 heterocycles. The summed E-state index contributed by atoms with van der Waals surface area (Å²) < 4.78 is 9.31. The van der Waals surface area contributed by atoms with Crippen molar-refractivity contribution < 1.29 is 9.66 Å². The SMILES string of the molecule is CC(C)OC1CCN(CCCNc2ccc(SNc3ncnc4cc(N5CCN(CC6=C(c7ccc(Cl)cc7)CCC(C)(C)C6)CC5)ccc34)cc2[N+](=O)[O-])CC1. The van der Waals surface area contributed by atoms with Crippen LogP contribution in [0.15, 0.2) is 77.5 Å². The summed E-state index contributed by atoms with van der Waals surface area (Å²) in [5, 5.41) is 17.0. The number of nitrogens with one attached hydrogen (secondary N) is 2. The minimum Gasteiger partial charge on any atom is -0.379 e. The third kappa shape index (κ3) is 11.0. The number of halogens is 1. The predicted octanol–water partition coefficient (Wildman–Crippen LogP) is 9.79. The van der Waals surface area contributed by atoms with Crippen LogP contribution in [0.1, 0.15) is 71.8 Å². The zero-order chi connectivity index (χ0) is 39.9. The van der Waals surface area contributed by atoms with Crippen LogP contribution in [0.4, 0.5) is 22.9 Å². The second-order valence-electron chi connectivity index (χ2n) is 16.8. The molecule has 0 saturated carbocycles. The van der Waals surface area contributed by atoms with E-state index in [1.54, 1.807) is 24.0 Å². The van der Waals surface area contributed by atoms with Gasteiger partial charge in [-0.25, -0.2) is 9.97 Å². The highest BCUT2D eigenvalue weighted by atomic mass is 35.5. The molecular weight excluding hydrogens is 756 g/mol. The summed E-state index contributed by atoms with van der Waals surface area (Å²) in [6, 6.07) is 20.0. The Morgan fingerprint density at radius 3 is 2.49 bits per heavy atom. The van der Waals surface area contributed by atoms with Crippen molar-refractivity contribution in [1.82, 2.24) is 19.8 Å². The van der Waals surface area contributed by atoms with Gasteiger partial charge in [0.15, 0.2) is 0 Å². The summed E-state index contributed by atoms with van der Waals surface area (Å²) in [4.78, 5) is 29.1. The number of benzene rings is 3. The molecule has 3 aromatic carbocycles. The molecule has 0 radical (unpaired) electrons. The molecule has 0 spiro atoms. The molecule has 0 amide bonds. The maximum atomic E-state index is 12.1. The first kappa shape index (κ1) is 41.2. The second kappa shape index (κ2) is 18.8. The molecule has 0 unspecified atom stereocenters. The summed E-state index contributed by atoms with van der Waals surface area (Å²) in [7, 11) is 0. The molecule has 11 nitrogen and oxygen atoms in total. The first-order chi connectivity index (χ1) is 27.5. The molecule has 304 valence electrons. The molecule has 13 heteroatoms. The highest BCUT2D eigenvalue weighted by Crippen LogP contribution is 2.43. The topological polar surface area (TPSA) is 112 Å². The van der Waals surface area contributed by atoms with E-state index in [1.165, 1.54) is 29.5 Å². The zero-order valence-corrected chi connectivity index (χ0v) is 35.4. The Morgan fingerprint density at radius 2 is 1.75 bits per heavy atom. The molecule has 3 aliphatic rings. The lowest BCUT2D eigenvalue weighted by molar-refractivity contribution is -0.384. The molecule has 2 aliphatic heterocycles. The number of nitro groups is 1. The van der Waals surface area contributed by atoms with Crippen LogP contribution in [0, 0.1) is 15.5 Å². The van der Waals surface area contributed by atoms with Gasteiger partial charge in [0.2, 0.25) is 0 Å². The molecule has 7 rings (SSSR count). The Labute approximate surface area is 346 Å². The van der Waals surface area contributed by atoms with Gasteiger partial charge in [-0.3, -0.25) is 15.0 Å². The van der Waals surface area contributed by atoms with E-state index in [-0.39, 0.29) is 16.7 Å². The van der Waals surface area contributed by atoms with Gasteiger partial charge in [-0.15, -0.1) is 0 Å². The molecule has 1 aliphatic carbocycles. The molecule has 2 saturated heterocycles. The van der Waals surface area contributed by atoms with Gasteiger partial charge in [0.05, 0.1) is 22.6 Å². The van der Waals surface area contributed by atoms with E-state index >= 15 is 0 Å². The number of fused-ring (bicyclic) bond motifs is 1. The average molecular weight is 814 g/mol. The Hall–Kier alpha value is -3.94. The maximum Gasteiger partial charge on any atom is 0.293 e. The summed E-state index contributed by atoms with van der Waals surface area (Å²) in [5.41, 5.74) is 7.29. The van der Waals surface area contributed by atoms with Crippen molar-refractivity contribution in [2.24, 2.45) is 5.41 Å². The summed E-state index contributed by atoms with van der Waals surface area (Å²) in [6.07, 6.45) is 8.64. The molecule has 0 bridgehead atoms. The number of likely N-dealkylation sites (tertiary alicyclic amines) is 1. The second-order valence-corrected chi connectivity index (χ2v) is 18.1. The lowest BCUT2D eigenvalue weighted by Crippen LogP contribution is -2.47. The van der Waals surface area contributed by atoms with Crippen molar-refractivity contribution in [3.63, 3.8) is 0 Å². The average Bonchev–Trinajstić information content (AvgIpc) is 3.19. The number of anilines is 3. The fourth-order valence-electron chi connectivity index (χ4n) is 8.48. The summed E-state index contributed by atoms with van der Waals surface area (Å²) >= 11 is 7.53. The fraction of sp³-hybridized carbons (Fsp3) is 0.500. The third-order valence-corrected chi connectivity index (χ3v) is 12.6. The number of hydrogen-bond donors (Lipinski definition) is 2. The van der Waals surface area contributed by atoms with Crippen LogP contribution in [0.25, 0.3) is 16.5 Å². The van der Waals surface area contributed by atoms with Gasteiger partial charge >= 0.3 is 0 Å². The predicted molar refractivity (Wildman–Crippen MR) is 236 cm³/mol. The molecular formula is C44H57ClN8O3S. The lowest BCUT2D eigenvalue weighted by Gasteiger charge is -2.39. The van der Waals surface area contributed by atoms with Crippen LogP contribution in [-0.4, -0.2) is 95.8 Å². The van der Waals surface area contributed by atoms with Crippen LogP contribution in [-0.2, 0) is 4.74 Å². The Kier molecular flexibility index (Phi) is 13.6. The van der Waals surface area contributed by atoms with Crippen molar-refractivity contribution in [2.75, 3.05) is 73.8 Å². The molecule has 4 aromatic rings. The number of hydrogen-bond acceptors (Lipinski definition) is 11. The Balaban J connectivity index is 0.919. The van der Waals surface area contributed by atoms with E-state index in [2.05, 4.69) is 92.7 Å². The standard InChI is InChI=1S/C44H57ClN8O3S/c1-31(2)56-36-15-20-50(21-16-36)19-5-18-46-40-13-11-37(27-42(40)53(54)55)57-49-43-39-12-10-35(26-41(39)47-30-48-43)52-24-22-51(23-25-52)29-33-28-44(3,4)17-14-38(33)32-6-8-34(45)9-7-32/h6-13,26-27,30-31,36,46H,5,14-25,28-29H2,1-4H3,(H,47,48,49). The van der Waals surface area contributed by atoms with Crippen LogP contribution in [0.3, 0.4) is 0 Å². The Morgan fingerprint density at radius 1 is 0.982 bits per heavy atom. The summed E-state index contributed by atoms with van der Waals surface area (Å²) in [5.74, 6) is 0.672. The minimum atomic E-state index is -0.320. The smallest absolute Gasteiger partial charge is 0.293 e. The highest BCUT2D eigenvalue weighted by Gasteiger charge is 2.30. The number of nitro benzene ring substituents is 1. The normalized spacial score (nSPS) is 18.4. The van der Waals surface area contributed by atoms with E-state index in [0.717, 1.165) is 111 Å². The lowest BCUT2D eigenvalue weighted by atomic mass is 9.73. The van der Waals surface area contributed by atoms with Crippen molar-refractivity contribution in [1.29, 1.82) is 0 Å². The highest BCUT2D eigenvalue weighted by molar-refractivity contribution is 8.00. The number of rotatable bonds is 15. The number of ether oxygens (including phenoxy) is 1. The van der Waals surface area contributed by atoms with Crippen LogP contribution < -0.4 is 14.9 Å². The fourth-order valence-corrected chi connectivity index (χ4v) is 9.29. The molecule has 2 N–H and O–H groups in total. The number of piperidine rings is 1. The first-order valence-corrected chi connectivity index (χ1v) is 21.7. The van der Waals surface area contributed by atoms with Crippen molar-refractivity contribution in [3.05, 3.63) is 93.3 Å². The van der Waals surface area contributed by atoms with Gasteiger partial charge in [0.25, 0.3) is 5.69 Å². The van der Waals surface area contributed by atoms with Crippen LogP contribution in [0.5, 0.6) is 0 Å². The van der Waals surface area contributed by atoms with E-state index in [0.29, 0.717) is 29.6 Å². The zero-order valence-electron chi connectivity index (χ0n) is 33.8. The Bertz CT molecular complexity index is 2030. The van der Waals surface area contributed by atoms with E-state index in [9.17, 15) is 10.1 Å². The number of allylic oxidation sites excluding steroid dienone is 1. The quantitative estimate of drug-likeness (QED) is 0.0518. The van der Waals surface area contributed by atoms with Crippen molar-refractivity contribution >= 4 is 62.9 Å². The maximum absolute atomic E-state index is 12.1. The number of piperazine rings is 1. The van der Waals surface area contributed by atoms with E-state index in [4.69, 9.17) is 16.3 Å². The van der Waals surface area contributed by atoms with Gasteiger partial charge in [-0.2, -0.15) is 0 Å². The largest absolute Gasteiger partial charge is 0.379 e. The molecule has 0 atom stereocenters. The number of nitrogens with zero attached hydrogens (tertiary/aromatic N) is 6. The van der Waals surface area contributed by atoms with Crippen LogP contribution >= 0.6 is 23.5 Å². The van der Waals surface area contributed by atoms with Gasteiger partial charge in [0.1, 0.15) is 17.8 Å². The van der Waals surface area contributed by atoms with Gasteiger partial charge in [0, 0.05) is 79.4 Å².